The lowest BCUT2D eigenvalue weighted by Gasteiger charge is -2.38. The van der Waals surface area contributed by atoms with E-state index in [2.05, 4.69) is 27.1 Å². The largest absolute Gasteiger partial charge is 0.396 e. The molecule has 35 heavy (non-hydrogen) atoms. The summed E-state index contributed by atoms with van der Waals surface area (Å²) in [6.45, 7) is 3.77. The van der Waals surface area contributed by atoms with Crippen LogP contribution in [0.15, 0.2) is 54.0 Å². The number of carbonyl (C=O) groups excluding carboxylic acids is 1. The highest BCUT2D eigenvalue weighted by Crippen LogP contribution is 2.48. The number of fused-ring (bicyclic) bond motifs is 4. The average Bonchev–Trinajstić information content (AvgIpc) is 3.37. The Hall–Kier alpha value is -3.30. The Morgan fingerprint density at radius 1 is 1.23 bits per heavy atom. The standard InChI is InChI=1S/C26H32N6O3/c1-3-12-31-22-14-32-21(5-4-19(26(32)35)17-6-9-27-10-7-17)24(31)23(20(22)15-33)25(34)28-11-8-18-13-30(2)16-29-18/h4-7,9-10,13,16,20,22-24,33H,3,8,11-12,14-15H2,1-2H3,(H,28,34)/t20-,22-,23+,24+/m1/s1. The third-order valence-corrected chi connectivity index (χ3v) is 7.39. The number of nitrogens with one attached hydrogen (secondary N) is 1. The van der Waals surface area contributed by atoms with Crippen LogP contribution in [0.3, 0.4) is 0 Å². The van der Waals surface area contributed by atoms with Crippen LogP contribution in [-0.2, 0) is 24.8 Å². The summed E-state index contributed by atoms with van der Waals surface area (Å²) in [5.41, 5.74) is 3.15. The number of carbonyl (C=O) groups is 1. The van der Waals surface area contributed by atoms with Gasteiger partial charge < -0.3 is 19.6 Å². The van der Waals surface area contributed by atoms with Crippen molar-refractivity contribution in [2.75, 3.05) is 19.7 Å². The molecule has 4 atom stereocenters. The summed E-state index contributed by atoms with van der Waals surface area (Å²) in [4.78, 5) is 37.8. The molecule has 0 saturated carbocycles. The Morgan fingerprint density at radius 2 is 2.03 bits per heavy atom. The van der Waals surface area contributed by atoms with Crippen molar-refractivity contribution in [1.29, 1.82) is 0 Å². The van der Waals surface area contributed by atoms with E-state index in [0.29, 0.717) is 25.1 Å². The number of hydrogen-bond acceptors (Lipinski definition) is 6. The van der Waals surface area contributed by atoms with Crippen LogP contribution in [0.25, 0.3) is 11.1 Å². The van der Waals surface area contributed by atoms with Crippen LogP contribution in [0.2, 0.25) is 0 Å². The summed E-state index contributed by atoms with van der Waals surface area (Å²) in [5, 5.41) is 13.5. The van der Waals surface area contributed by atoms with Gasteiger partial charge in [-0.3, -0.25) is 19.5 Å². The van der Waals surface area contributed by atoms with Crippen LogP contribution in [0.4, 0.5) is 0 Å². The molecule has 5 rings (SSSR count). The first-order chi connectivity index (χ1) is 17.0. The van der Waals surface area contributed by atoms with Crippen molar-refractivity contribution in [3.05, 3.63) is 70.9 Å². The number of aryl methyl sites for hydroxylation is 1. The number of pyridine rings is 2. The Kier molecular flexibility index (Phi) is 6.53. The summed E-state index contributed by atoms with van der Waals surface area (Å²) in [5.74, 6) is -0.752. The zero-order valence-corrected chi connectivity index (χ0v) is 20.2. The van der Waals surface area contributed by atoms with Crippen molar-refractivity contribution < 1.29 is 9.90 Å². The smallest absolute Gasteiger partial charge is 0.258 e. The van der Waals surface area contributed by atoms with E-state index in [9.17, 15) is 14.7 Å². The lowest BCUT2D eigenvalue weighted by Crippen LogP contribution is -2.47. The Morgan fingerprint density at radius 3 is 2.71 bits per heavy atom. The molecular formula is C26H32N6O3. The molecule has 2 aliphatic heterocycles. The van der Waals surface area contributed by atoms with Crippen molar-refractivity contribution in [2.24, 2.45) is 18.9 Å². The van der Waals surface area contributed by atoms with Crippen LogP contribution in [0.5, 0.6) is 0 Å². The highest BCUT2D eigenvalue weighted by Gasteiger charge is 2.55. The molecule has 9 nitrogen and oxygen atoms in total. The fourth-order valence-electron chi connectivity index (χ4n) is 5.87. The van der Waals surface area contributed by atoms with E-state index in [0.717, 1.165) is 29.9 Å². The van der Waals surface area contributed by atoms with Gasteiger partial charge in [0.05, 0.1) is 24.0 Å². The molecule has 2 aliphatic rings. The first-order valence-corrected chi connectivity index (χ1v) is 12.3. The molecule has 1 saturated heterocycles. The van der Waals surface area contributed by atoms with Crippen LogP contribution >= 0.6 is 0 Å². The molecule has 5 heterocycles. The van der Waals surface area contributed by atoms with E-state index < -0.39 is 5.92 Å². The first kappa shape index (κ1) is 23.4. The lowest BCUT2D eigenvalue weighted by molar-refractivity contribution is -0.127. The summed E-state index contributed by atoms with van der Waals surface area (Å²) < 4.78 is 3.71. The van der Waals surface area contributed by atoms with E-state index in [4.69, 9.17) is 0 Å². The second-order valence-electron chi connectivity index (χ2n) is 9.52. The third-order valence-electron chi connectivity index (χ3n) is 7.39. The minimum Gasteiger partial charge on any atom is -0.396 e. The molecule has 0 radical (unpaired) electrons. The van der Waals surface area contributed by atoms with Gasteiger partial charge >= 0.3 is 0 Å². The minimum atomic E-state index is -0.430. The SMILES string of the molecule is CCCN1[C@@H]2Cn3c(ccc(-c4ccncc4)c3=O)[C@H]1[C@@H](C(=O)NCCc1cn(C)cn1)[C@@H]2CO. The van der Waals surface area contributed by atoms with E-state index >= 15 is 0 Å². The van der Waals surface area contributed by atoms with Gasteiger partial charge in [-0.1, -0.05) is 6.92 Å². The van der Waals surface area contributed by atoms with Gasteiger partial charge in [-0.2, -0.15) is 0 Å². The second-order valence-corrected chi connectivity index (χ2v) is 9.52. The number of aliphatic hydroxyl groups is 1. The summed E-state index contributed by atoms with van der Waals surface area (Å²) in [7, 11) is 1.92. The van der Waals surface area contributed by atoms with Crippen molar-refractivity contribution in [1.82, 2.24) is 29.3 Å². The third kappa shape index (κ3) is 4.19. The Labute approximate surface area is 204 Å². The number of rotatable bonds is 8. The van der Waals surface area contributed by atoms with E-state index in [1.807, 2.05) is 46.6 Å². The first-order valence-electron chi connectivity index (χ1n) is 12.3. The maximum Gasteiger partial charge on any atom is 0.258 e. The van der Waals surface area contributed by atoms with Crippen molar-refractivity contribution in [3.8, 4) is 11.1 Å². The predicted octanol–water partition coefficient (Wildman–Crippen LogP) is 1.38. The lowest BCUT2D eigenvalue weighted by atomic mass is 9.86. The maximum absolute atomic E-state index is 13.6. The zero-order valence-electron chi connectivity index (χ0n) is 20.2. The molecular weight excluding hydrogens is 444 g/mol. The molecule has 9 heteroatoms. The quantitative estimate of drug-likeness (QED) is 0.509. The highest BCUT2D eigenvalue weighted by molar-refractivity contribution is 5.80. The van der Waals surface area contributed by atoms with Gasteiger partial charge in [0.25, 0.3) is 5.56 Å². The molecule has 2 bridgehead atoms. The van der Waals surface area contributed by atoms with E-state index in [-0.39, 0.29) is 36.1 Å². The van der Waals surface area contributed by atoms with Gasteiger partial charge in [-0.15, -0.1) is 0 Å². The summed E-state index contributed by atoms with van der Waals surface area (Å²) >= 11 is 0. The number of hydrogen-bond donors (Lipinski definition) is 2. The molecule has 0 unspecified atom stereocenters. The highest BCUT2D eigenvalue weighted by atomic mass is 16.3. The molecule has 1 fully saturated rings. The number of aliphatic hydroxyl groups excluding tert-OH is 1. The molecule has 1 amide bonds. The second kappa shape index (κ2) is 9.75. The molecule has 3 aromatic rings. The molecule has 184 valence electrons. The minimum absolute atomic E-state index is 0.0623. The van der Waals surface area contributed by atoms with Crippen LogP contribution in [-0.4, -0.2) is 60.8 Å². The van der Waals surface area contributed by atoms with Crippen LogP contribution in [0.1, 0.15) is 30.8 Å². The van der Waals surface area contributed by atoms with Gasteiger partial charge in [0.1, 0.15) is 0 Å². The van der Waals surface area contributed by atoms with Gasteiger partial charge in [-0.25, -0.2) is 4.98 Å². The van der Waals surface area contributed by atoms with Crippen molar-refractivity contribution >= 4 is 5.91 Å². The zero-order chi connectivity index (χ0) is 24.5. The van der Waals surface area contributed by atoms with Gasteiger partial charge in [0.2, 0.25) is 5.91 Å². The monoisotopic (exact) mass is 476 g/mol. The molecule has 2 N–H and O–H groups in total. The number of amides is 1. The van der Waals surface area contributed by atoms with Crippen LogP contribution in [0, 0.1) is 11.8 Å². The molecule has 0 aromatic carbocycles. The Balaban J connectivity index is 1.46. The van der Waals surface area contributed by atoms with Crippen LogP contribution < -0.4 is 10.9 Å². The fraction of sp³-hybridized carbons (Fsp3) is 0.462. The number of aromatic nitrogens is 4. The normalized spacial score (nSPS) is 23.3. The van der Waals surface area contributed by atoms with Crippen molar-refractivity contribution in [3.63, 3.8) is 0 Å². The predicted molar refractivity (Wildman–Crippen MR) is 131 cm³/mol. The molecule has 0 spiro atoms. The average molecular weight is 477 g/mol. The summed E-state index contributed by atoms with van der Waals surface area (Å²) in [6.07, 6.45) is 8.62. The molecule has 3 aromatic heterocycles. The topological polar surface area (TPSA) is 105 Å². The van der Waals surface area contributed by atoms with Gasteiger partial charge in [-0.05, 0) is 42.8 Å². The fourth-order valence-corrected chi connectivity index (χ4v) is 5.87. The summed E-state index contributed by atoms with van der Waals surface area (Å²) in [6, 6.07) is 7.18. The number of imidazole rings is 1. The van der Waals surface area contributed by atoms with E-state index in [1.54, 1.807) is 18.7 Å². The maximum atomic E-state index is 13.6. The molecule has 0 aliphatic carbocycles. The van der Waals surface area contributed by atoms with Gasteiger partial charge in [0, 0.05) is 75.0 Å². The van der Waals surface area contributed by atoms with Gasteiger partial charge in [0.15, 0.2) is 0 Å². The Bertz CT molecular complexity index is 1250. The van der Waals surface area contributed by atoms with Crippen molar-refractivity contribution in [2.45, 2.75) is 38.4 Å². The van der Waals surface area contributed by atoms with E-state index in [1.165, 1.54) is 0 Å². The number of nitrogens with zero attached hydrogens (tertiary/aromatic N) is 5.